The molecule has 0 amide bonds. The molecule has 1 saturated carbocycles. The van der Waals surface area contributed by atoms with E-state index in [9.17, 15) is 0 Å². The molecule has 2 unspecified atom stereocenters. The molecule has 5 heteroatoms. The van der Waals surface area contributed by atoms with E-state index in [0.717, 1.165) is 18.7 Å². The lowest BCUT2D eigenvalue weighted by atomic mass is 9.91. The SMILES string of the molecule is NC1CCCCC1Nc1cncnn1. The summed E-state index contributed by atoms with van der Waals surface area (Å²) in [6.45, 7) is 0. The average molecular weight is 193 g/mol. The summed E-state index contributed by atoms with van der Waals surface area (Å²) in [5, 5.41) is 10.9. The summed E-state index contributed by atoms with van der Waals surface area (Å²) in [4.78, 5) is 3.90. The molecule has 5 nitrogen and oxygen atoms in total. The van der Waals surface area contributed by atoms with Gasteiger partial charge in [0.1, 0.15) is 6.33 Å². The smallest absolute Gasteiger partial charge is 0.167 e. The number of aromatic nitrogens is 3. The van der Waals surface area contributed by atoms with E-state index < -0.39 is 0 Å². The normalized spacial score (nSPS) is 27.2. The van der Waals surface area contributed by atoms with Crippen molar-refractivity contribution in [2.75, 3.05) is 5.32 Å². The number of rotatable bonds is 2. The van der Waals surface area contributed by atoms with Gasteiger partial charge in [0.05, 0.1) is 6.20 Å². The highest BCUT2D eigenvalue weighted by molar-refractivity contribution is 5.31. The molecule has 0 saturated heterocycles. The molecule has 0 radical (unpaired) electrons. The Hall–Kier alpha value is -1.23. The standard InChI is InChI=1S/C9H15N5/c10-7-3-1-2-4-8(7)13-9-5-11-6-12-14-9/h5-8H,1-4,10H2,(H,13,14). The Morgan fingerprint density at radius 2 is 2.21 bits per heavy atom. The summed E-state index contributed by atoms with van der Waals surface area (Å²) in [5.41, 5.74) is 6.00. The zero-order valence-electron chi connectivity index (χ0n) is 8.06. The van der Waals surface area contributed by atoms with Crippen LogP contribution in [0, 0.1) is 0 Å². The van der Waals surface area contributed by atoms with Crippen molar-refractivity contribution < 1.29 is 0 Å². The minimum atomic E-state index is 0.228. The molecule has 1 aromatic heterocycles. The molecule has 1 fully saturated rings. The first-order valence-corrected chi connectivity index (χ1v) is 5.01. The van der Waals surface area contributed by atoms with Crippen molar-refractivity contribution in [3.8, 4) is 0 Å². The third kappa shape index (κ3) is 2.17. The lowest BCUT2D eigenvalue weighted by Gasteiger charge is -2.29. The second-order valence-corrected chi connectivity index (χ2v) is 3.69. The Labute approximate surface area is 83.1 Å². The fourth-order valence-corrected chi connectivity index (χ4v) is 1.84. The van der Waals surface area contributed by atoms with Gasteiger partial charge >= 0.3 is 0 Å². The van der Waals surface area contributed by atoms with Gasteiger partial charge in [-0.15, -0.1) is 10.2 Å². The molecule has 0 bridgehead atoms. The van der Waals surface area contributed by atoms with Crippen molar-refractivity contribution >= 4 is 5.82 Å². The fraction of sp³-hybridized carbons (Fsp3) is 0.667. The van der Waals surface area contributed by atoms with Gasteiger partial charge in [0.2, 0.25) is 0 Å². The van der Waals surface area contributed by atoms with Gasteiger partial charge in [-0.1, -0.05) is 12.8 Å². The first-order valence-electron chi connectivity index (χ1n) is 5.01. The zero-order chi connectivity index (χ0) is 9.80. The molecule has 2 atom stereocenters. The zero-order valence-corrected chi connectivity index (χ0v) is 8.06. The molecule has 1 aliphatic carbocycles. The Kier molecular flexibility index (Phi) is 2.88. The van der Waals surface area contributed by atoms with E-state index in [1.54, 1.807) is 6.20 Å². The van der Waals surface area contributed by atoms with Gasteiger partial charge in [-0.05, 0) is 12.8 Å². The lowest BCUT2D eigenvalue weighted by molar-refractivity contribution is 0.403. The summed E-state index contributed by atoms with van der Waals surface area (Å²) in [5.74, 6) is 0.717. The molecule has 76 valence electrons. The fourth-order valence-electron chi connectivity index (χ4n) is 1.84. The molecule has 3 N–H and O–H groups in total. The maximum absolute atomic E-state index is 6.00. The van der Waals surface area contributed by atoms with Crippen molar-refractivity contribution in [1.29, 1.82) is 0 Å². The third-order valence-electron chi connectivity index (χ3n) is 2.63. The van der Waals surface area contributed by atoms with Gasteiger partial charge in [0.15, 0.2) is 5.82 Å². The number of nitrogens with two attached hydrogens (primary N) is 1. The topological polar surface area (TPSA) is 76.7 Å². The van der Waals surface area contributed by atoms with Crippen LogP contribution in [0.5, 0.6) is 0 Å². The van der Waals surface area contributed by atoms with Crippen LogP contribution in [0.25, 0.3) is 0 Å². The molecule has 0 spiro atoms. The number of hydrogen-bond donors (Lipinski definition) is 2. The highest BCUT2D eigenvalue weighted by atomic mass is 15.2. The van der Waals surface area contributed by atoms with Gasteiger partial charge < -0.3 is 11.1 Å². The van der Waals surface area contributed by atoms with E-state index >= 15 is 0 Å². The van der Waals surface area contributed by atoms with Crippen molar-refractivity contribution in [2.24, 2.45) is 5.73 Å². The van der Waals surface area contributed by atoms with Crippen LogP contribution in [-0.2, 0) is 0 Å². The second kappa shape index (κ2) is 4.32. The van der Waals surface area contributed by atoms with E-state index in [4.69, 9.17) is 5.73 Å². The quantitative estimate of drug-likeness (QED) is 0.717. The van der Waals surface area contributed by atoms with Crippen LogP contribution < -0.4 is 11.1 Å². The van der Waals surface area contributed by atoms with E-state index in [-0.39, 0.29) is 6.04 Å². The molecule has 0 aliphatic heterocycles. The minimum Gasteiger partial charge on any atom is -0.363 e. The summed E-state index contributed by atoms with van der Waals surface area (Å²) >= 11 is 0. The molecule has 2 rings (SSSR count). The number of nitrogens with zero attached hydrogens (tertiary/aromatic N) is 3. The molecule has 1 aliphatic rings. The van der Waals surface area contributed by atoms with E-state index in [1.807, 2.05) is 0 Å². The van der Waals surface area contributed by atoms with Gasteiger partial charge in [0, 0.05) is 12.1 Å². The minimum absolute atomic E-state index is 0.228. The maximum atomic E-state index is 6.00. The first kappa shape index (κ1) is 9.33. The Bertz CT molecular complexity index is 276. The van der Waals surface area contributed by atoms with Crippen molar-refractivity contribution in [3.05, 3.63) is 12.5 Å². The summed E-state index contributed by atoms with van der Waals surface area (Å²) < 4.78 is 0. The van der Waals surface area contributed by atoms with E-state index in [2.05, 4.69) is 20.5 Å². The second-order valence-electron chi connectivity index (χ2n) is 3.69. The first-order chi connectivity index (χ1) is 6.86. The van der Waals surface area contributed by atoms with Crippen molar-refractivity contribution in [3.63, 3.8) is 0 Å². The maximum Gasteiger partial charge on any atom is 0.167 e. The van der Waals surface area contributed by atoms with Crippen molar-refractivity contribution in [2.45, 2.75) is 37.8 Å². The van der Waals surface area contributed by atoms with Crippen LogP contribution >= 0.6 is 0 Å². The average Bonchev–Trinajstić information content (AvgIpc) is 2.23. The molecule has 1 aromatic rings. The predicted molar refractivity (Wildman–Crippen MR) is 53.7 cm³/mol. The van der Waals surface area contributed by atoms with Crippen LogP contribution in [0.15, 0.2) is 12.5 Å². The van der Waals surface area contributed by atoms with Crippen LogP contribution in [0.4, 0.5) is 5.82 Å². The van der Waals surface area contributed by atoms with Crippen LogP contribution in [0.1, 0.15) is 25.7 Å². The molecule has 0 aromatic carbocycles. The third-order valence-corrected chi connectivity index (χ3v) is 2.63. The summed E-state index contributed by atoms with van der Waals surface area (Å²) in [6, 6.07) is 0.549. The number of hydrogen-bond acceptors (Lipinski definition) is 5. The largest absolute Gasteiger partial charge is 0.363 e. The Balaban J connectivity index is 1.96. The van der Waals surface area contributed by atoms with Gasteiger partial charge in [-0.3, -0.25) is 0 Å². The summed E-state index contributed by atoms with van der Waals surface area (Å²) in [6.07, 6.45) is 7.76. The highest BCUT2D eigenvalue weighted by Crippen LogP contribution is 2.19. The van der Waals surface area contributed by atoms with E-state index in [1.165, 1.54) is 19.2 Å². The van der Waals surface area contributed by atoms with Crippen LogP contribution in [-0.4, -0.2) is 27.3 Å². The van der Waals surface area contributed by atoms with Gasteiger partial charge in [0.25, 0.3) is 0 Å². The number of anilines is 1. The monoisotopic (exact) mass is 193 g/mol. The molecule has 14 heavy (non-hydrogen) atoms. The Morgan fingerprint density at radius 3 is 2.93 bits per heavy atom. The van der Waals surface area contributed by atoms with Gasteiger partial charge in [-0.2, -0.15) is 0 Å². The lowest BCUT2D eigenvalue weighted by Crippen LogP contribution is -2.42. The van der Waals surface area contributed by atoms with Crippen molar-refractivity contribution in [1.82, 2.24) is 15.2 Å². The molecular weight excluding hydrogens is 178 g/mol. The van der Waals surface area contributed by atoms with Crippen LogP contribution in [0.2, 0.25) is 0 Å². The molecular formula is C9H15N5. The molecule has 1 heterocycles. The van der Waals surface area contributed by atoms with Crippen LogP contribution in [0.3, 0.4) is 0 Å². The van der Waals surface area contributed by atoms with E-state index in [0.29, 0.717) is 6.04 Å². The Morgan fingerprint density at radius 1 is 1.36 bits per heavy atom. The predicted octanol–water partition coefficient (Wildman–Crippen LogP) is 0.553. The number of nitrogens with one attached hydrogen (secondary N) is 1. The van der Waals surface area contributed by atoms with Gasteiger partial charge in [-0.25, -0.2) is 4.98 Å². The summed E-state index contributed by atoms with van der Waals surface area (Å²) in [7, 11) is 0. The highest BCUT2D eigenvalue weighted by Gasteiger charge is 2.21.